The van der Waals surface area contributed by atoms with Gasteiger partial charge in [-0.05, 0) is 50.8 Å². The van der Waals surface area contributed by atoms with Gasteiger partial charge in [0.2, 0.25) is 0 Å². The summed E-state index contributed by atoms with van der Waals surface area (Å²) < 4.78 is 0. The Labute approximate surface area is 86.0 Å². The molecule has 76 valence electrons. The average molecular weight is 190 g/mol. The molecule has 1 aliphatic heterocycles. The molecule has 2 nitrogen and oxygen atoms in total. The molecule has 0 saturated carbocycles. The zero-order valence-electron chi connectivity index (χ0n) is 9.68. The summed E-state index contributed by atoms with van der Waals surface area (Å²) >= 11 is 0. The largest absolute Gasteiger partial charge is 0.356 e. The predicted octanol–water partition coefficient (Wildman–Crippen LogP) is 2.39. The van der Waals surface area contributed by atoms with Gasteiger partial charge in [-0.25, -0.2) is 4.98 Å². The summed E-state index contributed by atoms with van der Waals surface area (Å²) in [6, 6.07) is 0.595. The van der Waals surface area contributed by atoms with Gasteiger partial charge in [-0.3, -0.25) is 0 Å². The highest BCUT2D eigenvalue weighted by Crippen LogP contribution is 2.33. The lowest BCUT2D eigenvalue weighted by Crippen LogP contribution is -2.24. The van der Waals surface area contributed by atoms with Crippen molar-refractivity contribution in [3.8, 4) is 0 Å². The van der Waals surface area contributed by atoms with Crippen LogP contribution in [-0.4, -0.2) is 18.1 Å². The second-order valence-corrected chi connectivity index (χ2v) is 4.41. The zero-order chi connectivity index (χ0) is 10.5. The predicted molar refractivity (Wildman–Crippen MR) is 60.0 cm³/mol. The van der Waals surface area contributed by atoms with E-state index in [4.69, 9.17) is 0 Å². The number of aryl methyl sites for hydroxylation is 1. The fraction of sp³-hybridized carbons (Fsp3) is 0.583. The van der Waals surface area contributed by atoms with Crippen LogP contribution in [0.15, 0.2) is 0 Å². The molecule has 1 aliphatic rings. The summed E-state index contributed by atoms with van der Waals surface area (Å²) in [5.41, 5.74) is 5.40. The van der Waals surface area contributed by atoms with Crippen LogP contribution in [0.4, 0.5) is 5.82 Å². The molecule has 0 radical (unpaired) electrons. The molecule has 0 fully saturated rings. The van der Waals surface area contributed by atoms with Crippen LogP contribution in [-0.2, 0) is 6.42 Å². The molecule has 1 aromatic rings. The maximum Gasteiger partial charge on any atom is 0.132 e. The molecule has 0 aliphatic carbocycles. The van der Waals surface area contributed by atoms with Crippen LogP contribution in [0, 0.1) is 20.8 Å². The van der Waals surface area contributed by atoms with Crippen molar-refractivity contribution in [1.29, 1.82) is 0 Å². The second-order valence-electron chi connectivity index (χ2n) is 4.41. The van der Waals surface area contributed by atoms with Crippen molar-refractivity contribution >= 4 is 5.82 Å². The molecule has 2 heterocycles. The molecule has 0 bridgehead atoms. The van der Waals surface area contributed by atoms with Crippen molar-refractivity contribution < 1.29 is 0 Å². The van der Waals surface area contributed by atoms with Crippen LogP contribution in [0.5, 0.6) is 0 Å². The highest BCUT2D eigenvalue weighted by Gasteiger charge is 2.26. The van der Waals surface area contributed by atoms with E-state index in [0.29, 0.717) is 6.04 Å². The van der Waals surface area contributed by atoms with E-state index in [1.54, 1.807) is 0 Å². The molecule has 0 spiro atoms. The van der Waals surface area contributed by atoms with Gasteiger partial charge in [0, 0.05) is 18.8 Å². The molecule has 0 saturated heterocycles. The second kappa shape index (κ2) is 2.97. The number of likely N-dealkylation sites (N-methyl/N-ethyl adjacent to an activating group) is 1. The van der Waals surface area contributed by atoms with Crippen molar-refractivity contribution in [1.82, 2.24) is 4.98 Å². The van der Waals surface area contributed by atoms with Crippen LogP contribution >= 0.6 is 0 Å². The fourth-order valence-corrected chi connectivity index (χ4v) is 2.15. The molecule has 0 aromatic carbocycles. The fourth-order valence-electron chi connectivity index (χ4n) is 2.15. The summed E-state index contributed by atoms with van der Waals surface area (Å²) in [7, 11) is 2.14. The number of hydrogen-bond donors (Lipinski definition) is 0. The minimum absolute atomic E-state index is 0.595. The number of nitrogens with zero attached hydrogens (tertiary/aromatic N) is 2. The van der Waals surface area contributed by atoms with Crippen molar-refractivity contribution in [3.05, 3.63) is 22.4 Å². The lowest BCUT2D eigenvalue weighted by atomic mass is 10.0. The first-order valence-electron chi connectivity index (χ1n) is 5.22. The van der Waals surface area contributed by atoms with Crippen LogP contribution in [0.25, 0.3) is 0 Å². The number of pyridine rings is 1. The number of aromatic nitrogens is 1. The maximum absolute atomic E-state index is 4.67. The van der Waals surface area contributed by atoms with Gasteiger partial charge in [0.1, 0.15) is 5.82 Å². The molecule has 1 aromatic heterocycles. The van der Waals surface area contributed by atoms with Crippen LogP contribution in [0.2, 0.25) is 0 Å². The first-order valence-corrected chi connectivity index (χ1v) is 5.22. The number of hydrogen-bond acceptors (Lipinski definition) is 2. The molecule has 2 heteroatoms. The topological polar surface area (TPSA) is 16.1 Å². The molecular weight excluding hydrogens is 172 g/mol. The van der Waals surface area contributed by atoms with Crippen LogP contribution < -0.4 is 4.90 Å². The Morgan fingerprint density at radius 3 is 2.50 bits per heavy atom. The summed E-state index contributed by atoms with van der Waals surface area (Å²) in [6.45, 7) is 8.74. The van der Waals surface area contributed by atoms with Crippen molar-refractivity contribution in [2.45, 2.75) is 40.2 Å². The van der Waals surface area contributed by atoms with Gasteiger partial charge in [0.05, 0.1) is 0 Å². The highest BCUT2D eigenvalue weighted by atomic mass is 15.2. The van der Waals surface area contributed by atoms with Crippen LogP contribution in [0.1, 0.15) is 29.3 Å². The van der Waals surface area contributed by atoms with Gasteiger partial charge < -0.3 is 4.90 Å². The van der Waals surface area contributed by atoms with E-state index in [-0.39, 0.29) is 0 Å². The van der Waals surface area contributed by atoms with E-state index in [2.05, 4.69) is 44.6 Å². The molecule has 0 N–H and O–H groups in total. The number of fused-ring (bicyclic) bond motifs is 1. The maximum atomic E-state index is 4.67. The van der Waals surface area contributed by atoms with Gasteiger partial charge in [0.15, 0.2) is 0 Å². The smallest absolute Gasteiger partial charge is 0.132 e. The van der Waals surface area contributed by atoms with Gasteiger partial charge >= 0.3 is 0 Å². The van der Waals surface area contributed by atoms with E-state index in [9.17, 15) is 0 Å². The van der Waals surface area contributed by atoms with E-state index in [1.165, 1.54) is 28.2 Å². The Hall–Kier alpha value is -1.05. The number of rotatable bonds is 0. The van der Waals surface area contributed by atoms with E-state index in [1.807, 2.05) is 0 Å². The molecule has 1 atom stereocenters. The monoisotopic (exact) mass is 190 g/mol. The highest BCUT2D eigenvalue weighted by molar-refractivity contribution is 5.58. The van der Waals surface area contributed by atoms with Gasteiger partial charge in [-0.2, -0.15) is 0 Å². The van der Waals surface area contributed by atoms with Crippen molar-refractivity contribution in [3.63, 3.8) is 0 Å². The SMILES string of the molecule is Cc1nc2c(c(C)c1C)CC(C)N2C. The lowest BCUT2D eigenvalue weighted by Gasteiger charge is -2.18. The van der Waals surface area contributed by atoms with Gasteiger partial charge in [-0.1, -0.05) is 0 Å². The Kier molecular flexibility index (Phi) is 2.02. The molecule has 1 unspecified atom stereocenters. The van der Waals surface area contributed by atoms with Gasteiger partial charge in [-0.15, -0.1) is 0 Å². The van der Waals surface area contributed by atoms with E-state index >= 15 is 0 Å². The lowest BCUT2D eigenvalue weighted by molar-refractivity contribution is 0.727. The standard InChI is InChI=1S/C12H18N2/c1-7-6-11-9(3)8(2)10(4)13-12(11)14(7)5/h7H,6H2,1-5H3. The Bertz CT molecular complexity index is 382. The average Bonchev–Trinajstić information content (AvgIpc) is 2.42. The third kappa shape index (κ3) is 1.13. The van der Waals surface area contributed by atoms with Gasteiger partial charge in [0.25, 0.3) is 0 Å². The summed E-state index contributed by atoms with van der Waals surface area (Å²) in [5.74, 6) is 1.19. The first kappa shape index (κ1) is 9.50. The molecule has 2 rings (SSSR count). The molecule has 14 heavy (non-hydrogen) atoms. The summed E-state index contributed by atoms with van der Waals surface area (Å²) in [5, 5.41) is 0. The zero-order valence-corrected chi connectivity index (χ0v) is 9.68. The molecular formula is C12H18N2. The minimum Gasteiger partial charge on any atom is -0.356 e. The minimum atomic E-state index is 0.595. The van der Waals surface area contributed by atoms with E-state index in [0.717, 1.165) is 6.42 Å². The Morgan fingerprint density at radius 1 is 1.21 bits per heavy atom. The summed E-state index contributed by atoms with van der Waals surface area (Å²) in [4.78, 5) is 6.96. The first-order chi connectivity index (χ1) is 6.52. The van der Waals surface area contributed by atoms with E-state index < -0.39 is 0 Å². The van der Waals surface area contributed by atoms with Crippen molar-refractivity contribution in [2.24, 2.45) is 0 Å². The summed E-state index contributed by atoms with van der Waals surface area (Å²) in [6.07, 6.45) is 1.14. The Morgan fingerprint density at radius 2 is 1.86 bits per heavy atom. The van der Waals surface area contributed by atoms with Crippen LogP contribution in [0.3, 0.4) is 0 Å². The number of anilines is 1. The third-order valence-electron chi connectivity index (χ3n) is 3.60. The third-order valence-corrected chi connectivity index (χ3v) is 3.60. The van der Waals surface area contributed by atoms with Crippen molar-refractivity contribution in [2.75, 3.05) is 11.9 Å². The quantitative estimate of drug-likeness (QED) is 0.624. The molecule has 0 amide bonds. The Balaban J connectivity index is 2.64. The normalized spacial score (nSPS) is 20.1.